The number of hydrogen-bond acceptors (Lipinski definition) is 3. The third kappa shape index (κ3) is 5.05. The Balaban J connectivity index is 1.37. The summed E-state index contributed by atoms with van der Waals surface area (Å²) in [5.41, 5.74) is 3.96. The third-order valence-corrected chi connectivity index (χ3v) is 5.43. The summed E-state index contributed by atoms with van der Waals surface area (Å²) in [4.78, 5) is 17.2. The minimum absolute atomic E-state index is 0.00591. The number of amides is 1. The molecule has 5 heteroatoms. The highest BCUT2D eigenvalue weighted by Crippen LogP contribution is 2.27. The molecule has 0 saturated carbocycles. The quantitative estimate of drug-likeness (QED) is 0.674. The van der Waals surface area contributed by atoms with Crippen LogP contribution in [-0.2, 0) is 4.79 Å². The van der Waals surface area contributed by atoms with E-state index in [-0.39, 0.29) is 11.7 Å². The summed E-state index contributed by atoms with van der Waals surface area (Å²) < 4.78 is 13.2. The molecule has 4 nitrogen and oxygen atoms in total. The van der Waals surface area contributed by atoms with Crippen LogP contribution < -0.4 is 10.2 Å². The number of nitrogens with one attached hydrogen (secondary N) is 1. The molecule has 1 amide bonds. The van der Waals surface area contributed by atoms with Gasteiger partial charge in [-0.1, -0.05) is 48.5 Å². The van der Waals surface area contributed by atoms with Gasteiger partial charge in [0.05, 0.1) is 6.54 Å². The van der Waals surface area contributed by atoms with Crippen LogP contribution in [-0.4, -0.2) is 43.5 Å². The van der Waals surface area contributed by atoms with E-state index in [9.17, 15) is 9.18 Å². The van der Waals surface area contributed by atoms with Gasteiger partial charge in [0.15, 0.2) is 0 Å². The normalized spacial score (nSPS) is 14.9. The van der Waals surface area contributed by atoms with Crippen molar-refractivity contribution in [2.45, 2.75) is 6.42 Å². The van der Waals surface area contributed by atoms with E-state index in [0.717, 1.165) is 55.1 Å². The molecular formula is C25H26FN3O. The Labute approximate surface area is 176 Å². The van der Waals surface area contributed by atoms with Crippen molar-refractivity contribution in [1.82, 2.24) is 4.90 Å². The molecule has 0 unspecified atom stereocenters. The average Bonchev–Trinajstić information content (AvgIpc) is 3.01. The fraction of sp³-hybridized carbons (Fsp3) is 0.240. The number of hydrogen-bond donors (Lipinski definition) is 1. The molecule has 3 aromatic carbocycles. The van der Waals surface area contributed by atoms with Crippen molar-refractivity contribution < 1.29 is 9.18 Å². The standard InChI is InChI=1S/C25H26FN3O/c26-21-11-13-22(14-12-21)29-16-6-15-28(17-18-29)19-25(30)27-24-10-5-4-9-23(24)20-7-2-1-3-8-20/h1-5,7-14H,6,15-19H2,(H,27,30). The molecule has 0 aliphatic carbocycles. The van der Waals surface area contributed by atoms with Gasteiger partial charge in [-0.25, -0.2) is 4.39 Å². The predicted octanol–water partition coefficient (Wildman–Crippen LogP) is 4.64. The summed E-state index contributed by atoms with van der Waals surface area (Å²) in [5, 5.41) is 3.09. The van der Waals surface area contributed by atoms with Gasteiger partial charge in [0.1, 0.15) is 5.82 Å². The van der Waals surface area contributed by atoms with E-state index < -0.39 is 0 Å². The van der Waals surface area contributed by atoms with Crippen LogP contribution >= 0.6 is 0 Å². The highest BCUT2D eigenvalue weighted by molar-refractivity contribution is 5.96. The SMILES string of the molecule is O=C(CN1CCCN(c2ccc(F)cc2)CC1)Nc1ccccc1-c1ccccc1. The van der Waals surface area contributed by atoms with Gasteiger partial charge in [-0.05, 0) is 42.3 Å². The molecule has 1 heterocycles. The molecule has 3 aromatic rings. The number of anilines is 2. The average molecular weight is 404 g/mol. The van der Waals surface area contributed by atoms with Gasteiger partial charge in [0, 0.05) is 43.1 Å². The zero-order chi connectivity index (χ0) is 20.8. The van der Waals surface area contributed by atoms with Crippen molar-refractivity contribution in [3.05, 3.63) is 84.7 Å². The van der Waals surface area contributed by atoms with Crippen LogP contribution in [0, 0.1) is 5.82 Å². The van der Waals surface area contributed by atoms with E-state index in [1.165, 1.54) is 12.1 Å². The molecule has 1 N–H and O–H groups in total. The van der Waals surface area contributed by atoms with Crippen molar-refractivity contribution in [3.8, 4) is 11.1 Å². The Morgan fingerprint density at radius 2 is 1.57 bits per heavy atom. The summed E-state index contributed by atoms with van der Waals surface area (Å²) in [6.07, 6.45) is 0.964. The van der Waals surface area contributed by atoms with Crippen molar-refractivity contribution >= 4 is 17.3 Å². The maximum Gasteiger partial charge on any atom is 0.238 e. The van der Waals surface area contributed by atoms with Crippen LogP contribution in [0.2, 0.25) is 0 Å². The Morgan fingerprint density at radius 3 is 2.37 bits per heavy atom. The van der Waals surface area contributed by atoms with E-state index in [1.807, 2.05) is 66.7 Å². The number of nitrogens with zero attached hydrogens (tertiary/aromatic N) is 2. The van der Waals surface area contributed by atoms with Crippen molar-refractivity contribution in [2.75, 3.05) is 42.9 Å². The fourth-order valence-corrected chi connectivity index (χ4v) is 3.89. The van der Waals surface area contributed by atoms with E-state index >= 15 is 0 Å². The first-order valence-electron chi connectivity index (χ1n) is 10.4. The summed E-state index contributed by atoms with van der Waals surface area (Å²) in [5.74, 6) is -0.226. The van der Waals surface area contributed by atoms with Gasteiger partial charge in [0.25, 0.3) is 0 Å². The number of rotatable bonds is 5. The molecular weight excluding hydrogens is 377 g/mol. The van der Waals surface area contributed by atoms with Gasteiger partial charge in [-0.3, -0.25) is 9.69 Å². The minimum atomic E-state index is -0.220. The van der Waals surface area contributed by atoms with Crippen LogP contribution in [0.1, 0.15) is 6.42 Å². The highest BCUT2D eigenvalue weighted by atomic mass is 19.1. The van der Waals surface area contributed by atoms with E-state index in [2.05, 4.69) is 15.1 Å². The molecule has 0 spiro atoms. The van der Waals surface area contributed by atoms with Crippen LogP contribution in [0.5, 0.6) is 0 Å². The van der Waals surface area contributed by atoms with Crippen LogP contribution in [0.15, 0.2) is 78.9 Å². The molecule has 1 aliphatic heterocycles. The fourth-order valence-electron chi connectivity index (χ4n) is 3.89. The van der Waals surface area contributed by atoms with Gasteiger partial charge in [0.2, 0.25) is 5.91 Å². The number of para-hydroxylation sites is 1. The lowest BCUT2D eigenvalue weighted by atomic mass is 10.0. The first-order chi connectivity index (χ1) is 14.7. The summed E-state index contributed by atoms with van der Waals surface area (Å²) in [7, 11) is 0. The first kappa shape index (κ1) is 20.1. The summed E-state index contributed by atoms with van der Waals surface area (Å²) in [6, 6.07) is 24.6. The Kier molecular flexibility index (Phi) is 6.40. The number of carbonyl (C=O) groups excluding carboxylic acids is 1. The lowest BCUT2D eigenvalue weighted by molar-refractivity contribution is -0.117. The predicted molar refractivity (Wildman–Crippen MR) is 120 cm³/mol. The zero-order valence-electron chi connectivity index (χ0n) is 16.9. The smallest absolute Gasteiger partial charge is 0.238 e. The van der Waals surface area contributed by atoms with Gasteiger partial charge >= 0.3 is 0 Å². The Bertz CT molecular complexity index is 975. The number of benzene rings is 3. The molecule has 0 atom stereocenters. The maximum absolute atomic E-state index is 13.2. The maximum atomic E-state index is 13.2. The molecule has 1 aliphatic rings. The van der Waals surface area contributed by atoms with Crippen molar-refractivity contribution in [3.63, 3.8) is 0 Å². The molecule has 1 saturated heterocycles. The molecule has 0 bridgehead atoms. The molecule has 4 rings (SSSR count). The topological polar surface area (TPSA) is 35.6 Å². The Hall–Kier alpha value is -3.18. The minimum Gasteiger partial charge on any atom is -0.370 e. The van der Waals surface area contributed by atoms with Gasteiger partial charge < -0.3 is 10.2 Å². The van der Waals surface area contributed by atoms with Gasteiger partial charge in [-0.15, -0.1) is 0 Å². The molecule has 0 radical (unpaired) electrons. The van der Waals surface area contributed by atoms with Crippen molar-refractivity contribution in [1.29, 1.82) is 0 Å². The van der Waals surface area contributed by atoms with E-state index in [1.54, 1.807) is 0 Å². The second kappa shape index (κ2) is 9.55. The Morgan fingerprint density at radius 1 is 0.833 bits per heavy atom. The van der Waals surface area contributed by atoms with E-state index in [4.69, 9.17) is 0 Å². The van der Waals surface area contributed by atoms with Crippen LogP contribution in [0.4, 0.5) is 15.8 Å². The number of halogens is 1. The first-order valence-corrected chi connectivity index (χ1v) is 10.4. The van der Waals surface area contributed by atoms with Crippen LogP contribution in [0.25, 0.3) is 11.1 Å². The largest absolute Gasteiger partial charge is 0.370 e. The molecule has 154 valence electrons. The van der Waals surface area contributed by atoms with E-state index in [0.29, 0.717) is 6.54 Å². The van der Waals surface area contributed by atoms with Gasteiger partial charge in [-0.2, -0.15) is 0 Å². The lowest BCUT2D eigenvalue weighted by Crippen LogP contribution is -2.36. The summed E-state index contributed by atoms with van der Waals surface area (Å²) >= 11 is 0. The molecule has 30 heavy (non-hydrogen) atoms. The summed E-state index contributed by atoms with van der Waals surface area (Å²) in [6.45, 7) is 3.75. The second-order valence-electron chi connectivity index (χ2n) is 7.55. The molecule has 0 aromatic heterocycles. The van der Waals surface area contributed by atoms with Crippen molar-refractivity contribution in [2.24, 2.45) is 0 Å². The molecule has 1 fully saturated rings. The van der Waals surface area contributed by atoms with Crippen LogP contribution in [0.3, 0.4) is 0 Å². The third-order valence-electron chi connectivity index (χ3n) is 5.43. The zero-order valence-corrected chi connectivity index (χ0v) is 16.9. The number of carbonyl (C=O) groups is 1. The lowest BCUT2D eigenvalue weighted by Gasteiger charge is -2.23. The monoisotopic (exact) mass is 403 g/mol. The second-order valence-corrected chi connectivity index (χ2v) is 7.55. The highest BCUT2D eigenvalue weighted by Gasteiger charge is 2.18.